The van der Waals surface area contributed by atoms with Gasteiger partial charge >= 0.3 is 5.97 Å². The van der Waals surface area contributed by atoms with Crippen molar-refractivity contribution >= 4 is 223 Å². The van der Waals surface area contributed by atoms with E-state index in [2.05, 4.69) is 66.7 Å². The van der Waals surface area contributed by atoms with E-state index in [1.165, 1.54) is 48.7 Å². The molecule has 22 nitrogen and oxygen atoms in total. The molecule has 1 aliphatic carbocycles. The Kier molecular flexibility index (Phi) is 26.5. The number of amides is 2. The number of benzene rings is 6. The van der Waals surface area contributed by atoms with Crippen LogP contribution in [0.4, 0.5) is 26.3 Å². The minimum Gasteiger partial charge on any atom is -0.478 e. The molecule has 2 amide bonds. The number of nitrogens with zero attached hydrogens (tertiary/aromatic N) is 10. The van der Waals surface area contributed by atoms with Crippen LogP contribution in [-0.4, -0.2) is 89.7 Å². The van der Waals surface area contributed by atoms with Crippen LogP contribution in [0, 0.1) is 72.6 Å². The maximum Gasteiger partial charge on any atom is 0.338 e. The van der Waals surface area contributed by atoms with Crippen molar-refractivity contribution in [3.8, 4) is 18.2 Å². The molecule has 121 heavy (non-hydrogen) atoms. The minimum atomic E-state index is -1.29. The van der Waals surface area contributed by atoms with Gasteiger partial charge in [0.05, 0.1) is 140 Å². The number of rotatable bonds is 16. The van der Waals surface area contributed by atoms with Gasteiger partial charge in [-0.05, 0) is 238 Å². The third-order valence-corrected chi connectivity index (χ3v) is 23.1. The number of furan rings is 1. The number of nitriles is 3. The molecule has 34 heteroatoms. The van der Waals surface area contributed by atoms with E-state index in [4.69, 9.17) is 25.3 Å². The Balaban J connectivity index is 0.000000120. The highest BCUT2D eigenvalue weighted by Gasteiger charge is 2.27. The fraction of sp³-hybridized carbons (Fsp3) is 0.0575. The number of halogens is 7. The molecule has 1 fully saturated rings. The van der Waals surface area contributed by atoms with Crippen LogP contribution in [0.25, 0.3) is 126 Å². The maximum atomic E-state index is 15.0. The maximum absolute atomic E-state index is 15.0. The fourth-order valence-electron chi connectivity index (χ4n) is 12.0. The summed E-state index contributed by atoms with van der Waals surface area (Å²) in [6.07, 6.45) is 21.6. The lowest BCUT2D eigenvalue weighted by atomic mass is 10.1. The van der Waals surface area contributed by atoms with Crippen molar-refractivity contribution in [3.05, 3.63) is 309 Å². The van der Waals surface area contributed by atoms with Crippen molar-refractivity contribution in [1.82, 2.24) is 71.4 Å². The summed E-state index contributed by atoms with van der Waals surface area (Å²) in [5, 5.41) is 90.8. The van der Waals surface area contributed by atoms with Gasteiger partial charge in [0.1, 0.15) is 45.1 Å². The molecule has 0 spiro atoms. The number of carboxylic acids is 1. The number of aromatic nitrogens is 12. The summed E-state index contributed by atoms with van der Waals surface area (Å²) in [7, 11) is 1.75. The topological polar surface area (TPSA) is 341 Å². The number of thiophene rings is 5. The van der Waals surface area contributed by atoms with Gasteiger partial charge in [0, 0.05) is 37.5 Å². The molecule has 1 aliphatic rings. The summed E-state index contributed by atoms with van der Waals surface area (Å²) in [6.45, 7) is 0.194. The Bertz CT molecular complexity index is 6940. The first-order valence-electron chi connectivity index (χ1n) is 36.1. The number of aryl methyl sites for hydroxylation is 1. The highest BCUT2D eigenvalue weighted by molar-refractivity contribution is 14.1. The molecule has 0 bridgehead atoms. The molecule has 8 N–H and O–H groups in total. The highest BCUT2D eigenvalue weighted by atomic mass is 127. The number of fused-ring (bicyclic) bond motifs is 6. The van der Waals surface area contributed by atoms with E-state index in [1.807, 2.05) is 159 Å². The first kappa shape index (κ1) is 83.3. The largest absolute Gasteiger partial charge is 0.478 e. The molecule has 6 aromatic carbocycles. The fourth-order valence-corrected chi connectivity index (χ4v) is 16.0. The van der Waals surface area contributed by atoms with E-state index < -0.39 is 46.8 Å². The molecule has 0 atom stereocenters. The van der Waals surface area contributed by atoms with E-state index in [0.29, 0.717) is 98.0 Å². The molecule has 0 radical (unpaired) electrons. The molecule has 1 saturated carbocycles. The number of hydrogen-bond donors (Lipinski definition) is 8. The molecule has 0 unspecified atom stereocenters. The highest BCUT2D eigenvalue weighted by Crippen LogP contribution is 2.33. The number of hydrogen-bond acceptors (Lipinski definition) is 18. The molecule has 600 valence electrons. The summed E-state index contributed by atoms with van der Waals surface area (Å²) in [6, 6.07) is 46.9. The molecule has 12 heterocycles. The standard InChI is InChI=1S/C19H14FN3O2S.C17H14FN3OS.2C14H8FN3S.C14H9FN2O2S.C9H5FIN3/c20-18-14(19(24)21-11-12-3-1-9-25-12)6-8-16-17(18)15(22-23-16)7-5-13-4-2-10-26-13;18-16-12(17(22)19-10-3-4-10)6-8-14-15(16)13(20-21-14)7-5-11-2-1-9-23-11;2*15-14-9(8-16)3-5-11-13(14)12(18-17-11)6-4-10-2-1-7-19-10;15-13-9(14(18)19)4-6-11-12(13)10(16-17-11)5-3-8-2-1-7-20-8;1-14-6-3-2-5(4-12)8(10)7(6)9(11)13-14/h1-10H,11H2,(H,21,24)(H,22,23);1-2,5-10H,3-4H2,(H,19,22)(H,20,21);2*1-7H,(H,17,18);1-7H,(H,16,17)(H,18,19);2-3H,1H3/b2*7-5+;6-4+;6-4-;5-3+;. The molecular weight excluding hydrogens is 1760 g/mol. The number of nitrogens with one attached hydrogen (secondary N) is 7. The number of H-pyrrole nitrogens is 5. The Labute approximate surface area is 715 Å². The Morgan fingerprint density at radius 2 is 0.785 bits per heavy atom. The van der Waals surface area contributed by atoms with Gasteiger partial charge in [-0.3, -0.25) is 39.8 Å². The zero-order valence-electron chi connectivity index (χ0n) is 62.5. The number of carboxylic acid groups (broad SMARTS) is 1. The second-order valence-electron chi connectivity index (χ2n) is 25.9. The van der Waals surface area contributed by atoms with Gasteiger partial charge < -0.3 is 20.2 Å². The van der Waals surface area contributed by atoms with Crippen LogP contribution < -0.4 is 10.6 Å². The smallest absolute Gasteiger partial charge is 0.338 e. The van der Waals surface area contributed by atoms with Gasteiger partial charge in [-0.1, -0.05) is 30.3 Å². The minimum absolute atomic E-state index is 0.0275. The molecule has 0 saturated heterocycles. The van der Waals surface area contributed by atoms with Crippen LogP contribution in [0.2, 0.25) is 0 Å². The van der Waals surface area contributed by atoms with Gasteiger partial charge in [0.15, 0.2) is 17.5 Å². The van der Waals surface area contributed by atoms with E-state index in [0.717, 1.165) is 37.2 Å². The average Bonchev–Trinajstić information content (AvgIpc) is 1.68. The molecular formula is C87H58F6IN17O5S5. The summed E-state index contributed by atoms with van der Waals surface area (Å²) < 4.78 is 93.2. The zero-order valence-corrected chi connectivity index (χ0v) is 68.8. The zero-order chi connectivity index (χ0) is 84.6. The normalized spacial score (nSPS) is 11.8. The summed E-state index contributed by atoms with van der Waals surface area (Å²) in [5.41, 5.74) is 5.57. The van der Waals surface area contributed by atoms with Gasteiger partial charge in [-0.2, -0.15) is 46.4 Å². The van der Waals surface area contributed by atoms with E-state index in [9.17, 15) is 40.7 Å². The van der Waals surface area contributed by atoms with Gasteiger partial charge in [0.25, 0.3) is 11.8 Å². The number of carbonyl (C=O) groups excluding carboxylic acids is 2. The number of aromatic amines is 5. The van der Waals surface area contributed by atoms with E-state index >= 15 is 0 Å². The van der Waals surface area contributed by atoms with Crippen molar-refractivity contribution in [2.45, 2.75) is 25.4 Å². The van der Waals surface area contributed by atoms with Crippen LogP contribution >= 0.6 is 79.3 Å². The lowest BCUT2D eigenvalue weighted by Crippen LogP contribution is -2.26. The number of carbonyl (C=O) groups is 3. The monoisotopic (exact) mass is 1820 g/mol. The first-order chi connectivity index (χ1) is 58.8. The summed E-state index contributed by atoms with van der Waals surface area (Å²) in [5.74, 6) is -4.99. The Hall–Kier alpha value is -14.2. The predicted molar refractivity (Wildman–Crippen MR) is 471 cm³/mol. The van der Waals surface area contributed by atoms with Crippen molar-refractivity contribution < 1.29 is 50.2 Å². The van der Waals surface area contributed by atoms with Gasteiger partial charge in [-0.25, -0.2) is 31.1 Å². The van der Waals surface area contributed by atoms with Crippen molar-refractivity contribution in [3.63, 3.8) is 0 Å². The van der Waals surface area contributed by atoms with Crippen LogP contribution in [0.3, 0.4) is 0 Å². The average molecular weight is 1820 g/mol. The SMILES string of the molecule is Cn1nc(I)c2c(F)c(C#N)ccc21.N#Cc1ccc2n[nH]c(/C=C/c3cccs3)c2c1F.N#Cc1ccc2n[nH]c(/C=C\c3cccs3)c2c1F.O=C(NC1CC1)c1ccc2n[nH]c(/C=C/c3cccs3)c2c1F.O=C(NCc1ccco1)c1ccc2n[nH]c(/C=C/c3cccs3)c2c1F.O=C(O)c1ccc2n[nH]c(/C=C/c3cccs3)c2c1F. The second-order valence-corrected chi connectivity index (χ2v) is 31.8. The predicted octanol–water partition coefficient (Wildman–Crippen LogP) is 21.7. The Morgan fingerprint density at radius 3 is 1.12 bits per heavy atom. The summed E-state index contributed by atoms with van der Waals surface area (Å²) >= 11 is 9.88. The van der Waals surface area contributed by atoms with Gasteiger partial charge in [-0.15, -0.1) is 56.7 Å². The second kappa shape index (κ2) is 38.5. The lowest BCUT2D eigenvalue weighted by Gasteiger charge is -2.05. The number of aromatic carboxylic acids is 1. The van der Waals surface area contributed by atoms with Crippen LogP contribution in [-0.2, 0) is 13.6 Å². The molecule has 12 aromatic heterocycles. The van der Waals surface area contributed by atoms with Crippen molar-refractivity contribution in [2.75, 3.05) is 0 Å². The molecule has 18 aromatic rings. The first-order valence-corrected chi connectivity index (χ1v) is 41.6. The molecule has 19 rings (SSSR count). The van der Waals surface area contributed by atoms with E-state index in [-0.39, 0.29) is 57.3 Å². The van der Waals surface area contributed by atoms with Crippen LogP contribution in [0.15, 0.2) is 183 Å². The third-order valence-electron chi connectivity index (χ3n) is 18.1. The van der Waals surface area contributed by atoms with Crippen molar-refractivity contribution in [2.24, 2.45) is 7.05 Å². The summed E-state index contributed by atoms with van der Waals surface area (Å²) in [4.78, 5) is 40.7. The van der Waals surface area contributed by atoms with Crippen LogP contribution in [0.1, 0.15) is 119 Å². The third kappa shape index (κ3) is 19.5. The Morgan fingerprint density at radius 1 is 0.455 bits per heavy atom. The lowest BCUT2D eigenvalue weighted by molar-refractivity contribution is 0.0691. The quantitative estimate of drug-likeness (QED) is 0.0329. The van der Waals surface area contributed by atoms with Crippen LogP contribution in [0.5, 0.6) is 0 Å². The van der Waals surface area contributed by atoms with Gasteiger partial charge in [0.2, 0.25) is 0 Å². The van der Waals surface area contributed by atoms with Crippen molar-refractivity contribution in [1.29, 1.82) is 15.8 Å². The molecule has 0 aliphatic heterocycles. The van der Waals surface area contributed by atoms with E-state index in [1.54, 1.807) is 141 Å².